The van der Waals surface area contributed by atoms with Gasteiger partial charge in [-0.15, -0.1) is 0 Å². The van der Waals surface area contributed by atoms with Gasteiger partial charge in [0.2, 0.25) is 0 Å². The van der Waals surface area contributed by atoms with Crippen molar-refractivity contribution in [3.05, 3.63) is 117 Å². The third-order valence-electron chi connectivity index (χ3n) is 6.02. The number of carbonyl (C=O) groups excluding carboxylic acids is 1. The number of amides is 1. The van der Waals surface area contributed by atoms with E-state index >= 15 is 0 Å². The van der Waals surface area contributed by atoms with Crippen LogP contribution in [0.1, 0.15) is 17.2 Å². The summed E-state index contributed by atoms with van der Waals surface area (Å²) in [6.07, 6.45) is 1.55. The normalized spacial score (nSPS) is 14.4. The summed E-state index contributed by atoms with van der Waals surface area (Å²) < 4.78 is 0. The first-order valence-corrected chi connectivity index (χ1v) is 11.8. The highest BCUT2D eigenvalue weighted by molar-refractivity contribution is 6.32. The van der Waals surface area contributed by atoms with Gasteiger partial charge >= 0.3 is 0 Å². The maximum absolute atomic E-state index is 12.7. The summed E-state index contributed by atoms with van der Waals surface area (Å²) in [7, 11) is 0. The molecule has 0 spiro atoms. The molecular formula is C27H24ClN5O3. The third kappa shape index (κ3) is 5.89. The largest absolute Gasteiger partial charge is 0.374 e. The number of anilines is 1. The highest BCUT2D eigenvalue weighted by Crippen LogP contribution is 2.30. The Balaban J connectivity index is 1.45. The van der Waals surface area contributed by atoms with Crippen molar-refractivity contribution in [3.8, 4) is 6.07 Å². The second kappa shape index (κ2) is 11.5. The first-order valence-electron chi connectivity index (χ1n) is 11.4. The number of benzene rings is 3. The second-order valence-corrected chi connectivity index (χ2v) is 8.74. The van der Waals surface area contributed by atoms with Gasteiger partial charge < -0.3 is 10.2 Å². The van der Waals surface area contributed by atoms with Crippen LogP contribution in [0, 0.1) is 21.4 Å². The van der Waals surface area contributed by atoms with Gasteiger partial charge in [-0.25, -0.2) is 0 Å². The van der Waals surface area contributed by atoms with Gasteiger partial charge in [0.05, 0.1) is 11.0 Å². The molecule has 9 heteroatoms. The summed E-state index contributed by atoms with van der Waals surface area (Å²) in [6, 6.07) is 26.7. The van der Waals surface area contributed by atoms with E-state index in [-0.39, 0.29) is 28.0 Å². The van der Waals surface area contributed by atoms with E-state index < -0.39 is 10.8 Å². The SMILES string of the molecule is N#C/C(=C/N1CCN(C(c2ccccc2)c2ccccc2)CC1)C(=O)Nc1ccc(Cl)c([N+](=O)[O-])c1. The molecule has 0 aliphatic carbocycles. The molecule has 0 atom stereocenters. The van der Waals surface area contributed by atoms with E-state index in [1.807, 2.05) is 47.4 Å². The molecule has 182 valence electrons. The highest BCUT2D eigenvalue weighted by atomic mass is 35.5. The number of nitrogens with zero attached hydrogens (tertiary/aromatic N) is 4. The van der Waals surface area contributed by atoms with Crippen LogP contribution in [-0.2, 0) is 4.79 Å². The summed E-state index contributed by atoms with van der Waals surface area (Å²) in [6.45, 7) is 2.77. The molecule has 3 aromatic rings. The predicted octanol–water partition coefficient (Wildman–Crippen LogP) is 5.00. The summed E-state index contributed by atoms with van der Waals surface area (Å²) in [5, 5.41) is 23.2. The third-order valence-corrected chi connectivity index (χ3v) is 6.34. The Morgan fingerprint density at radius 1 is 1.00 bits per heavy atom. The van der Waals surface area contributed by atoms with E-state index in [1.54, 1.807) is 6.20 Å². The Hall–Kier alpha value is -4.19. The first-order chi connectivity index (χ1) is 17.5. The lowest BCUT2D eigenvalue weighted by Gasteiger charge is -2.39. The van der Waals surface area contributed by atoms with Crippen molar-refractivity contribution in [1.29, 1.82) is 5.26 Å². The monoisotopic (exact) mass is 501 g/mol. The van der Waals surface area contributed by atoms with Crippen LogP contribution in [0.25, 0.3) is 0 Å². The van der Waals surface area contributed by atoms with Gasteiger partial charge in [-0.05, 0) is 23.3 Å². The number of nitriles is 1. The summed E-state index contributed by atoms with van der Waals surface area (Å²) in [4.78, 5) is 27.5. The molecule has 0 saturated carbocycles. The molecule has 1 heterocycles. The van der Waals surface area contributed by atoms with Crippen molar-refractivity contribution in [2.75, 3.05) is 31.5 Å². The van der Waals surface area contributed by atoms with E-state index in [4.69, 9.17) is 11.6 Å². The molecule has 0 radical (unpaired) electrons. The van der Waals surface area contributed by atoms with Gasteiger partial charge in [-0.2, -0.15) is 5.26 Å². The van der Waals surface area contributed by atoms with Gasteiger partial charge in [0.25, 0.3) is 11.6 Å². The number of carbonyl (C=O) groups is 1. The Morgan fingerprint density at radius 2 is 1.58 bits per heavy atom. The van der Waals surface area contributed by atoms with E-state index in [2.05, 4.69) is 34.5 Å². The molecular weight excluding hydrogens is 478 g/mol. The van der Waals surface area contributed by atoms with Gasteiger partial charge in [0.15, 0.2) is 0 Å². The fraction of sp³-hybridized carbons (Fsp3) is 0.185. The molecule has 1 amide bonds. The number of hydrogen-bond donors (Lipinski definition) is 1. The van der Waals surface area contributed by atoms with Crippen molar-refractivity contribution >= 4 is 28.9 Å². The van der Waals surface area contributed by atoms with Gasteiger partial charge in [-0.3, -0.25) is 19.8 Å². The van der Waals surface area contributed by atoms with E-state index in [9.17, 15) is 20.2 Å². The number of nitro groups is 1. The van der Waals surface area contributed by atoms with Crippen molar-refractivity contribution in [2.45, 2.75) is 6.04 Å². The zero-order valence-corrected chi connectivity index (χ0v) is 20.1. The molecule has 3 aromatic carbocycles. The lowest BCUT2D eigenvalue weighted by Crippen LogP contribution is -2.46. The number of nitrogens with one attached hydrogen (secondary N) is 1. The van der Waals surface area contributed by atoms with Gasteiger partial charge in [0.1, 0.15) is 16.7 Å². The van der Waals surface area contributed by atoms with Crippen LogP contribution in [0.3, 0.4) is 0 Å². The maximum Gasteiger partial charge on any atom is 0.289 e. The Labute approximate surface area is 214 Å². The molecule has 8 nitrogen and oxygen atoms in total. The van der Waals surface area contributed by atoms with E-state index in [0.717, 1.165) is 13.1 Å². The lowest BCUT2D eigenvalue weighted by atomic mass is 9.96. The van der Waals surface area contributed by atoms with Gasteiger partial charge in [0, 0.05) is 44.1 Å². The molecule has 0 unspecified atom stereocenters. The highest BCUT2D eigenvalue weighted by Gasteiger charge is 2.26. The minimum Gasteiger partial charge on any atom is -0.374 e. The Kier molecular flexibility index (Phi) is 7.95. The quantitative estimate of drug-likeness (QED) is 0.211. The number of rotatable bonds is 7. The average Bonchev–Trinajstić information content (AvgIpc) is 2.90. The fourth-order valence-corrected chi connectivity index (χ4v) is 4.45. The van der Waals surface area contributed by atoms with Crippen LogP contribution >= 0.6 is 11.6 Å². The molecule has 1 saturated heterocycles. The van der Waals surface area contributed by atoms with Crippen molar-refractivity contribution in [2.24, 2.45) is 0 Å². The standard InChI is InChI=1S/C27H24ClN5O3/c28-24-12-11-23(17-25(24)33(35)36)30-27(34)22(18-29)19-31-13-15-32(16-14-31)26(20-7-3-1-4-8-20)21-9-5-2-6-10-21/h1-12,17,19,26H,13-16H2,(H,30,34)/b22-19-. The molecule has 0 aromatic heterocycles. The van der Waals surface area contributed by atoms with Crippen LogP contribution in [-0.4, -0.2) is 46.8 Å². The molecule has 1 fully saturated rings. The second-order valence-electron chi connectivity index (χ2n) is 8.33. The molecule has 4 rings (SSSR count). The molecule has 1 N–H and O–H groups in total. The minimum absolute atomic E-state index is 0.0313. The lowest BCUT2D eigenvalue weighted by molar-refractivity contribution is -0.384. The summed E-state index contributed by atoms with van der Waals surface area (Å²) in [5.74, 6) is -0.636. The van der Waals surface area contributed by atoms with Crippen LogP contribution in [0.2, 0.25) is 5.02 Å². The summed E-state index contributed by atoms with van der Waals surface area (Å²) in [5.41, 5.74) is 2.21. The van der Waals surface area contributed by atoms with Crippen molar-refractivity contribution < 1.29 is 9.72 Å². The number of hydrogen-bond acceptors (Lipinski definition) is 6. The Bertz CT molecular complexity index is 1260. The molecule has 36 heavy (non-hydrogen) atoms. The Morgan fingerprint density at radius 3 is 2.11 bits per heavy atom. The topological polar surface area (TPSA) is 103 Å². The average molecular weight is 502 g/mol. The predicted molar refractivity (Wildman–Crippen MR) is 138 cm³/mol. The summed E-state index contributed by atoms with van der Waals surface area (Å²) >= 11 is 5.83. The van der Waals surface area contributed by atoms with Crippen molar-refractivity contribution in [3.63, 3.8) is 0 Å². The molecule has 1 aliphatic rings. The number of halogens is 1. The van der Waals surface area contributed by atoms with Gasteiger partial charge in [-0.1, -0.05) is 72.3 Å². The number of nitro benzene ring substituents is 1. The van der Waals surface area contributed by atoms with Crippen LogP contribution in [0.15, 0.2) is 90.6 Å². The zero-order chi connectivity index (χ0) is 25.5. The van der Waals surface area contributed by atoms with Crippen molar-refractivity contribution in [1.82, 2.24) is 9.80 Å². The smallest absolute Gasteiger partial charge is 0.289 e. The molecule has 1 aliphatic heterocycles. The minimum atomic E-state index is -0.636. The first kappa shape index (κ1) is 24.9. The van der Waals surface area contributed by atoms with Crippen LogP contribution in [0.5, 0.6) is 0 Å². The zero-order valence-electron chi connectivity index (χ0n) is 19.4. The number of piperazine rings is 1. The van der Waals surface area contributed by atoms with Crippen LogP contribution in [0.4, 0.5) is 11.4 Å². The maximum atomic E-state index is 12.7. The van der Waals surface area contributed by atoms with E-state index in [1.165, 1.54) is 29.3 Å². The van der Waals surface area contributed by atoms with E-state index in [0.29, 0.717) is 13.1 Å². The fourth-order valence-electron chi connectivity index (χ4n) is 4.26. The van der Waals surface area contributed by atoms with Crippen LogP contribution < -0.4 is 5.32 Å². The molecule has 0 bridgehead atoms.